The molecule has 0 fully saturated rings. The van der Waals surface area contributed by atoms with E-state index in [1.807, 2.05) is 13.8 Å². The summed E-state index contributed by atoms with van der Waals surface area (Å²) in [6, 6.07) is 10.2. The third-order valence-electron chi connectivity index (χ3n) is 6.19. The van der Waals surface area contributed by atoms with Crippen molar-refractivity contribution >= 4 is 17.5 Å². The van der Waals surface area contributed by atoms with Crippen LogP contribution in [0.4, 0.5) is 19.0 Å². The van der Waals surface area contributed by atoms with Crippen molar-refractivity contribution in [2.24, 2.45) is 5.41 Å². The molecule has 4 rings (SSSR count). The van der Waals surface area contributed by atoms with E-state index in [9.17, 15) is 22.8 Å². The predicted octanol–water partition coefficient (Wildman–Crippen LogP) is 5.65. The molecule has 1 atom stereocenters. The molecule has 1 aromatic heterocycles. The zero-order valence-electron chi connectivity index (χ0n) is 19.4. The predicted molar refractivity (Wildman–Crippen MR) is 123 cm³/mol. The number of benzene rings is 1. The third-order valence-corrected chi connectivity index (χ3v) is 6.19. The number of rotatable bonds is 3. The minimum absolute atomic E-state index is 0.0758. The molecule has 0 saturated heterocycles. The molecular formula is C26H26F3N3O2. The largest absolute Gasteiger partial charge is 0.416 e. The van der Waals surface area contributed by atoms with Crippen LogP contribution in [0.1, 0.15) is 56.4 Å². The van der Waals surface area contributed by atoms with E-state index in [0.29, 0.717) is 23.5 Å². The summed E-state index contributed by atoms with van der Waals surface area (Å²) in [5, 5.41) is 5.87. The minimum Gasteiger partial charge on any atom is -0.362 e. The molecule has 34 heavy (non-hydrogen) atoms. The first-order valence-corrected chi connectivity index (χ1v) is 11.0. The van der Waals surface area contributed by atoms with E-state index in [0.717, 1.165) is 6.07 Å². The van der Waals surface area contributed by atoms with Gasteiger partial charge in [-0.25, -0.2) is 4.98 Å². The first kappa shape index (κ1) is 23.7. The molecule has 2 heterocycles. The van der Waals surface area contributed by atoms with Crippen LogP contribution >= 0.6 is 0 Å². The Kier molecular flexibility index (Phi) is 5.87. The summed E-state index contributed by atoms with van der Waals surface area (Å²) < 4.78 is 42.1. The quantitative estimate of drug-likeness (QED) is 0.609. The lowest BCUT2D eigenvalue weighted by molar-refractivity contribution is -0.138. The average Bonchev–Trinajstić information content (AvgIpc) is 2.71. The number of carbonyl (C=O) groups is 2. The van der Waals surface area contributed by atoms with Gasteiger partial charge in [-0.3, -0.25) is 9.59 Å². The molecule has 1 aliphatic carbocycles. The summed E-state index contributed by atoms with van der Waals surface area (Å²) in [4.78, 5) is 31.1. The lowest BCUT2D eigenvalue weighted by atomic mass is 9.68. The number of pyridine rings is 1. The maximum atomic E-state index is 14.0. The summed E-state index contributed by atoms with van der Waals surface area (Å²) in [6.07, 6.45) is -3.97. The van der Waals surface area contributed by atoms with Crippen LogP contribution in [0.15, 0.2) is 65.0 Å². The Morgan fingerprint density at radius 3 is 2.47 bits per heavy atom. The van der Waals surface area contributed by atoms with Gasteiger partial charge >= 0.3 is 6.18 Å². The highest BCUT2D eigenvalue weighted by molar-refractivity contribution is 6.09. The molecule has 8 heteroatoms. The zero-order chi connectivity index (χ0) is 24.8. The number of allylic oxidation sites excluding steroid dienone is 3. The van der Waals surface area contributed by atoms with Crippen LogP contribution in [0, 0.1) is 12.3 Å². The normalized spacial score (nSPS) is 20.1. The molecule has 2 aliphatic rings. The fourth-order valence-electron chi connectivity index (χ4n) is 4.85. The van der Waals surface area contributed by atoms with Gasteiger partial charge in [0.25, 0.3) is 5.91 Å². The molecule has 2 N–H and O–H groups in total. The van der Waals surface area contributed by atoms with Crippen LogP contribution in [0.25, 0.3) is 0 Å². The lowest BCUT2D eigenvalue weighted by Gasteiger charge is -2.40. The summed E-state index contributed by atoms with van der Waals surface area (Å²) in [5.41, 5.74) is 0.650. The molecule has 5 nitrogen and oxygen atoms in total. The number of alkyl halides is 3. The summed E-state index contributed by atoms with van der Waals surface area (Å²) >= 11 is 0. The number of nitrogens with zero attached hydrogens (tertiary/aromatic N) is 1. The van der Waals surface area contributed by atoms with Gasteiger partial charge in [-0.2, -0.15) is 13.2 Å². The van der Waals surface area contributed by atoms with E-state index in [-0.39, 0.29) is 40.1 Å². The Labute approximate surface area is 196 Å². The third kappa shape index (κ3) is 4.49. The number of aromatic nitrogens is 1. The van der Waals surface area contributed by atoms with Gasteiger partial charge < -0.3 is 10.6 Å². The van der Waals surface area contributed by atoms with Crippen molar-refractivity contribution in [2.75, 3.05) is 5.32 Å². The first-order chi connectivity index (χ1) is 15.9. The van der Waals surface area contributed by atoms with Crippen molar-refractivity contribution in [1.82, 2.24) is 10.3 Å². The number of carbonyl (C=O) groups excluding carboxylic acids is 2. The van der Waals surface area contributed by atoms with E-state index in [4.69, 9.17) is 0 Å². The second-order valence-corrected chi connectivity index (χ2v) is 9.63. The number of ketones is 1. The van der Waals surface area contributed by atoms with Crippen LogP contribution in [0.2, 0.25) is 0 Å². The van der Waals surface area contributed by atoms with Gasteiger partial charge in [0, 0.05) is 40.6 Å². The maximum Gasteiger partial charge on any atom is 0.416 e. The zero-order valence-corrected chi connectivity index (χ0v) is 19.4. The van der Waals surface area contributed by atoms with Crippen LogP contribution < -0.4 is 10.6 Å². The number of nitrogens with one attached hydrogen (secondary N) is 2. The summed E-state index contributed by atoms with van der Waals surface area (Å²) in [6.45, 7) is 7.31. The number of dihydropyridines is 1. The van der Waals surface area contributed by atoms with Crippen LogP contribution in [-0.4, -0.2) is 16.7 Å². The minimum atomic E-state index is -4.65. The van der Waals surface area contributed by atoms with Crippen molar-refractivity contribution in [1.29, 1.82) is 0 Å². The fraction of sp³-hybridized carbons (Fsp3) is 0.346. The number of halogens is 3. The molecule has 0 bridgehead atoms. The Morgan fingerprint density at radius 2 is 1.79 bits per heavy atom. The van der Waals surface area contributed by atoms with Gasteiger partial charge in [0.05, 0.1) is 5.56 Å². The van der Waals surface area contributed by atoms with Crippen molar-refractivity contribution in [3.05, 3.63) is 81.8 Å². The van der Waals surface area contributed by atoms with Gasteiger partial charge in [-0.05, 0) is 49.4 Å². The van der Waals surface area contributed by atoms with Gasteiger partial charge in [-0.1, -0.05) is 38.1 Å². The molecule has 1 aliphatic heterocycles. The fourth-order valence-corrected chi connectivity index (χ4v) is 4.85. The monoisotopic (exact) mass is 469 g/mol. The van der Waals surface area contributed by atoms with Gasteiger partial charge in [0.1, 0.15) is 5.82 Å². The summed E-state index contributed by atoms with van der Waals surface area (Å²) in [5.74, 6) is -1.73. The van der Waals surface area contributed by atoms with Crippen molar-refractivity contribution in [3.8, 4) is 0 Å². The highest BCUT2D eigenvalue weighted by atomic mass is 19.4. The van der Waals surface area contributed by atoms with E-state index < -0.39 is 23.6 Å². The topological polar surface area (TPSA) is 71.1 Å². The number of hydrogen-bond donors (Lipinski definition) is 2. The second kappa shape index (κ2) is 8.42. The average molecular weight is 470 g/mol. The van der Waals surface area contributed by atoms with Crippen molar-refractivity contribution in [2.45, 2.75) is 52.6 Å². The van der Waals surface area contributed by atoms with Gasteiger partial charge in [0.15, 0.2) is 5.78 Å². The molecule has 0 spiro atoms. The van der Waals surface area contributed by atoms with Gasteiger partial charge in [0.2, 0.25) is 0 Å². The Hall–Kier alpha value is -3.42. The van der Waals surface area contributed by atoms with Crippen LogP contribution in [-0.2, 0) is 15.8 Å². The molecular weight excluding hydrogens is 443 g/mol. The molecule has 1 aromatic carbocycles. The van der Waals surface area contributed by atoms with E-state index in [2.05, 4.69) is 15.6 Å². The van der Waals surface area contributed by atoms with E-state index in [1.165, 1.54) is 18.2 Å². The molecule has 1 amide bonds. The Morgan fingerprint density at radius 1 is 1.09 bits per heavy atom. The number of Topliss-reactive ketones (excluding diaryl/α,β-unsaturated/α-hetero) is 1. The van der Waals surface area contributed by atoms with Crippen molar-refractivity contribution < 1.29 is 22.8 Å². The lowest BCUT2D eigenvalue weighted by Crippen LogP contribution is -2.39. The second-order valence-electron chi connectivity index (χ2n) is 9.63. The number of hydrogen-bond acceptors (Lipinski definition) is 4. The molecule has 0 saturated carbocycles. The number of aryl methyl sites for hydroxylation is 1. The standard InChI is InChI=1S/C26H26F3N3O2/c1-14-8-7-11-20(30-14)32-24(34)21-15(2)31-18-12-25(3,4)13-19(33)23(18)22(21)16-9-5-6-10-17(16)26(27,28)29/h5-11,22,31H,12-13H2,1-4H3,(H,30,32,34). The molecule has 1 unspecified atom stereocenters. The summed E-state index contributed by atoms with van der Waals surface area (Å²) in [7, 11) is 0. The first-order valence-electron chi connectivity index (χ1n) is 11.0. The molecule has 0 radical (unpaired) electrons. The highest BCUT2D eigenvalue weighted by Crippen LogP contribution is 2.49. The Balaban J connectivity index is 1.89. The molecule has 178 valence electrons. The van der Waals surface area contributed by atoms with Crippen LogP contribution in [0.3, 0.4) is 0 Å². The number of amides is 1. The van der Waals surface area contributed by atoms with E-state index in [1.54, 1.807) is 32.0 Å². The number of anilines is 1. The SMILES string of the molecule is CC1=C(C(=O)Nc2cccc(C)n2)C(c2ccccc2C(F)(F)F)C2=C(CC(C)(C)CC2=O)N1. The smallest absolute Gasteiger partial charge is 0.362 e. The van der Waals surface area contributed by atoms with Gasteiger partial charge in [-0.15, -0.1) is 0 Å². The highest BCUT2D eigenvalue weighted by Gasteiger charge is 2.45. The maximum absolute atomic E-state index is 14.0. The van der Waals surface area contributed by atoms with Crippen LogP contribution in [0.5, 0.6) is 0 Å². The molecule has 2 aromatic rings. The van der Waals surface area contributed by atoms with E-state index >= 15 is 0 Å². The Bertz CT molecular complexity index is 1240. The van der Waals surface area contributed by atoms with Crippen molar-refractivity contribution in [3.63, 3.8) is 0 Å².